The molecule has 0 aliphatic carbocycles. The van der Waals surface area contributed by atoms with E-state index < -0.39 is 0 Å². The summed E-state index contributed by atoms with van der Waals surface area (Å²) >= 11 is 0. The van der Waals surface area contributed by atoms with Gasteiger partial charge in [0.1, 0.15) is 0 Å². The number of likely N-dealkylation sites (tertiary alicyclic amines) is 2. The highest BCUT2D eigenvalue weighted by atomic mass is 16.2. The predicted octanol–water partition coefficient (Wildman–Crippen LogP) is 0.683. The Hall–Kier alpha value is -0.610. The lowest BCUT2D eigenvalue weighted by Gasteiger charge is -2.32. The van der Waals surface area contributed by atoms with Gasteiger partial charge in [-0.3, -0.25) is 9.69 Å². The third-order valence-electron chi connectivity index (χ3n) is 3.95. The second-order valence-corrected chi connectivity index (χ2v) is 5.16. The van der Waals surface area contributed by atoms with Crippen molar-refractivity contribution in [3.8, 4) is 0 Å². The van der Waals surface area contributed by atoms with E-state index in [1.807, 2.05) is 11.8 Å². The van der Waals surface area contributed by atoms with Crippen LogP contribution >= 0.6 is 0 Å². The van der Waals surface area contributed by atoms with E-state index in [9.17, 15) is 4.79 Å². The van der Waals surface area contributed by atoms with Crippen molar-refractivity contribution < 1.29 is 4.79 Å². The van der Waals surface area contributed by atoms with Gasteiger partial charge in [-0.05, 0) is 38.9 Å². The average molecular weight is 239 g/mol. The third kappa shape index (κ3) is 3.42. The van der Waals surface area contributed by atoms with Crippen molar-refractivity contribution in [3.63, 3.8) is 0 Å². The molecule has 1 unspecified atom stereocenters. The molecule has 2 fully saturated rings. The van der Waals surface area contributed by atoms with Gasteiger partial charge < -0.3 is 10.2 Å². The first-order valence-electron chi connectivity index (χ1n) is 7.04. The van der Waals surface area contributed by atoms with Crippen LogP contribution < -0.4 is 5.32 Å². The van der Waals surface area contributed by atoms with Gasteiger partial charge in [-0.25, -0.2) is 0 Å². The van der Waals surface area contributed by atoms with Crippen LogP contribution in [0, 0.1) is 0 Å². The molecule has 98 valence electrons. The fourth-order valence-electron chi connectivity index (χ4n) is 2.89. The van der Waals surface area contributed by atoms with Crippen molar-refractivity contribution in [3.05, 3.63) is 0 Å². The highest BCUT2D eigenvalue weighted by Gasteiger charge is 2.30. The first kappa shape index (κ1) is 12.8. The predicted molar refractivity (Wildman–Crippen MR) is 69.0 cm³/mol. The van der Waals surface area contributed by atoms with Gasteiger partial charge in [-0.2, -0.15) is 0 Å². The molecule has 4 nitrogen and oxygen atoms in total. The van der Waals surface area contributed by atoms with Crippen molar-refractivity contribution in [1.82, 2.24) is 15.1 Å². The molecule has 0 aromatic rings. The quantitative estimate of drug-likeness (QED) is 0.784. The van der Waals surface area contributed by atoms with E-state index in [0.717, 1.165) is 26.1 Å². The van der Waals surface area contributed by atoms with Crippen molar-refractivity contribution in [1.29, 1.82) is 0 Å². The van der Waals surface area contributed by atoms with Crippen LogP contribution in [-0.2, 0) is 4.79 Å². The zero-order valence-corrected chi connectivity index (χ0v) is 11.0. The summed E-state index contributed by atoms with van der Waals surface area (Å²) in [6.07, 6.45) is 5.22. The van der Waals surface area contributed by atoms with Crippen LogP contribution in [0.2, 0.25) is 0 Å². The molecule has 0 radical (unpaired) electrons. The number of nitrogens with one attached hydrogen (secondary N) is 1. The third-order valence-corrected chi connectivity index (χ3v) is 3.95. The fraction of sp³-hybridized carbons (Fsp3) is 0.923. The van der Waals surface area contributed by atoms with E-state index in [-0.39, 0.29) is 5.91 Å². The summed E-state index contributed by atoms with van der Waals surface area (Å²) in [4.78, 5) is 16.5. The van der Waals surface area contributed by atoms with E-state index in [1.54, 1.807) is 0 Å². The van der Waals surface area contributed by atoms with Crippen LogP contribution in [0.5, 0.6) is 0 Å². The molecule has 0 spiro atoms. The molecular formula is C13H25N3O. The smallest absolute Gasteiger partial charge is 0.236 e. The average Bonchev–Trinajstić information content (AvgIpc) is 2.86. The zero-order valence-electron chi connectivity index (χ0n) is 11.0. The first-order chi connectivity index (χ1) is 8.31. The van der Waals surface area contributed by atoms with E-state index in [0.29, 0.717) is 12.6 Å². The highest BCUT2D eigenvalue weighted by molar-refractivity contribution is 5.78. The van der Waals surface area contributed by atoms with Gasteiger partial charge in [0, 0.05) is 19.1 Å². The number of amides is 1. The van der Waals surface area contributed by atoms with E-state index in [1.165, 1.54) is 32.4 Å². The zero-order chi connectivity index (χ0) is 12.1. The number of likely N-dealkylation sites (N-methyl/N-ethyl adjacent to an activating group) is 1. The van der Waals surface area contributed by atoms with Crippen LogP contribution in [0.4, 0.5) is 0 Å². The molecule has 2 aliphatic rings. The minimum absolute atomic E-state index is 0.270. The topological polar surface area (TPSA) is 35.6 Å². The largest absolute Gasteiger partial charge is 0.340 e. The van der Waals surface area contributed by atoms with Crippen LogP contribution in [0.1, 0.15) is 32.6 Å². The van der Waals surface area contributed by atoms with Gasteiger partial charge in [0.2, 0.25) is 5.91 Å². The molecule has 2 heterocycles. The molecule has 0 aromatic heterocycles. The summed E-state index contributed by atoms with van der Waals surface area (Å²) in [6.45, 7) is 7.78. The molecule has 0 aromatic carbocycles. The SMILES string of the molecule is CCNCC(=O)N1CCC(N2CCCCC2)C1. The van der Waals surface area contributed by atoms with Gasteiger partial charge in [0.15, 0.2) is 0 Å². The molecule has 1 atom stereocenters. The van der Waals surface area contributed by atoms with Crippen molar-refractivity contribution >= 4 is 5.91 Å². The second kappa shape index (κ2) is 6.36. The van der Waals surface area contributed by atoms with Crippen molar-refractivity contribution in [2.75, 3.05) is 39.3 Å². The maximum atomic E-state index is 11.9. The maximum Gasteiger partial charge on any atom is 0.236 e. The Balaban J connectivity index is 1.76. The lowest BCUT2D eigenvalue weighted by atomic mass is 10.1. The number of carbonyl (C=O) groups excluding carboxylic acids is 1. The second-order valence-electron chi connectivity index (χ2n) is 5.16. The summed E-state index contributed by atoms with van der Waals surface area (Å²) in [7, 11) is 0. The molecule has 2 saturated heterocycles. The van der Waals surface area contributed by atoms with Crippen LogP contribution in [0.15, 0.2) is 0 Å². The number of nitrogens with zero attached hydrogens (tertiary/aromatic N) is 2. The minimum Gasteiger partial charge on any atom is -0.340 e. The van der Waals surface area contributed by atoms with Crippen LogP contribution in [0.3, 0.4) is 0 Å². The number of hydrogen-bond acceptors (Lipinski definition) is 3. The summed E-state index contributed by atoms with van der Waals surface area (Å²) in [5, 5.41) is 3.11. The Morgan fingerprint density at radius 1 is 1.24 bits per heavy atom. The summed E-state index contributed by atoms with van der Waals surface area (Å²) < 4.78 is 0. The Kier molecular flexibility index (Phi) is 4.80. The van der Waals surface area contributed by atoms with E-state index in [2.05, 4.69) is 10.2 Å². The fourth-order valence-corrected chi connectivity index (χ4v) is 2.89. The minimum atomic E-state index is 0.270. The normalized spacial score (nSPS) is 26.4. The number of rotatable bonds is 4. The summed E-state index contributed by atoms with van der Waals surface area (Å²) in [5.41, 5.74) is 0. The number of piperidine rings is 1. The molecule has 0 saturated carbocycles. The molecule has 1 N–H and O–H groups in total. The van der Waals surface area contributed by atoms with Crippen LogP contribution in [-0.4, -0.2) is 61.0 Å². The molecule has 1 amide bonds. The van der Waals surface area contributed by atoms with E-state index in [4.69, 9.17) is 0 Å². The molecule has 0 bridgehead atoms. The standard InChI is InChI=1S/C13H25N3O/c1-2-14-10-13(17)16-9-6-12(11-16)15-7-4-3-5-8-15/h12,14H,2-11H2,1H3. The van der Waals surface area contributed by atoms with Crippen molar-refractivity contribution in [2.45, 2.75) is 38.6 Å². The van der Waals surface area contributed by atoms with Crippen molar-refractivity contribution in [2.24, 2.45) is 0 Å². The Morgan fingerprint density at radius 2 is 2.00 bits per heavy atom. The Morgan fingerprint density at radius 3 is 2.71 bits per heavy atom. The maximum absolute atomic E-state index is 11.9. The lowest BCUT2D eigenvalue weighted by Crippen LogP contribution is -2.43. The first-order valence-corrected chi connectivity index (χ1v) is 7.04. The van der Waals surface area contributed by atoms with Gasteiger partial charge >= 0.3 is 0 Å². The number of carbonyl (C=O) groups is 1. The monoisotopic (exact) mass is 239 g/mol. The van der Waals surface area contributed by atoms with Crippen LogP contribution in [0.25, 0.3) is 0 Å². The van der Waals surface area contributed by atoms with E-state index >= 15 is 0 Å². The molecular weight excluding hydrogens is 214 g/mol. The number of hydrogen-bond donors (Lipinski definition) is 1. The Labute approximate surface area is 104 Å². The summed E-state index contributed by atoms with van der Waals surface area (Å²) in [5.74, 6) is 0.270. The molecule has 2 rings (SSSR count). The van der Waals surface area contributed by atoms with Gasteiger partial charge in [-0.15, -0.1) is 0 Å². The van der Waals surface area contributed by atoms with Gasteiger partial charge in [0.05, 0.1) is 6.54 Å². The Bertz CT molecular complexity index is 251. The summed E-state index contributed by atoms with van der Waals surface area (Å²) in [6, 6.07) is 0.626. The van der Waals surface area contributed by atoms with Gasteiger partial charge in [-0.1, -0.05) is 13.3 Å². The lowest BCUT2D eigenvalue weighted by molar-refractivity contribution is -0.129. The molecule has 4 heteroatoms. The molecule has 17 heavy (non-hydrogen) atoms. The highest BCUT2D eigenvalue weighted by Crippen LogP contribution is 2.19. The van der Waals surface area contributed by atoms with Gasteiger partial charge in [0.25, 0.3) is 0 Å². The molecule has 2 aliphatic heterocycles.